The number of fused-ring (bicyclic) bond motifs is 1. The van der Waals surface area contributed by atoms with E-state index in [0.717, 1.165) is 49.9 Å². The molecule has 10 heteroatoms. The molecule has 4 aliphatic heterocycles. The molecule has 41 heavy (non-hydrogen) atoms. The molecule has 3 N–H and O–H groups in total. The third-order valence-electron chi connectivity index (χ3n) is 8.95. The highest BCUT2D eigenvalue weighted by molar-refractivity contribution is 6.25. The number of likely N-dealkylation sites (tertiary alicyclic amines) is 1. The summed E-state index contributed by atoms with van der Waals surface area (Å²) in [7, 11) is 0. The van der Waals surface area contributed by atoms with Crippen molar-refractivity contribution in [1.82, 2.24) is 20.0 Å². The van der Waals surface area contributed by atoms with Gasteiger partial charge in [-0.05, 0) is 62.4 Å². The van der Waals surface area contributed by atoms with Crippen molar-refractivity contribution in [3.63, 3.8) is 0 Å². The van der Waals surface area contributed by atoms with E-state index in [0.29, 0.717) is 29.4 Å². The standard InChI is InChI=1S/C31H39N5O5/c1-19-13-20(7-8-21(19)15-34-16-22(17-34)35-11-12-41-18-31(35,2)3)14-32-24-6-4-5-23-27(24)30(40)36(29(23)39)25-9-10-26(37)33-28(25)38/h4-8,13,22,25-26,32,37H,9-12,14-18H2,1-3H3,(H,33,38). The molecular formula is C31H39N5O5. The summed E-state index contributed by atoms with van der Waals surface area (Å²) < 4.78 is 5.68. The molecule has 3 amide bonds. The van der Waals surface area contributed by atoms with E-state index in [2.05, 4.69) is 59.4 Å². The van der Waals surface area contributed by atoms with Crippen LogP contribution in [0.3, 0.4) is 0 Å². The predicted molar refractivity (Wildman–Crippen MR) is 153 cm³/mol. The van der Waals surface area contributed by atoms with Gasteiger partial charge in [-0.15, -0.1) is 0 Å². The first-order valence-corrected chi connectivity index (χ1v) is 14.5. The molecule has 4 aliphatic rings. The number of carbonyl (C=O) groups is 3. The minimum atomic E-state index is -0.952. The van der Waals surface area contributed by atoms with Crippen molar-refractivity contribution in [2.75, 3.05) is 38.2 Å². The number of morpholine rings is 1. The average molecular weight is 562 g/mol. The van der Waals surface area contributed by atoms with Gasteiger partial charge in [-0.25, -0.2) is 0 Å². The lowest BCUT2D eigenvalue weighted by atomic mass is 9.95. The first kappa shape index (κ1) is 27.8. The van der Waals surface area contributed by atoms with Crippen molar-refractivity contribution in [1.29, 1.82) is 0 Å². The zero-order chi connectivity index (χ0) is 28.9. The molecule has 6 rings (SSSR count). The second-order valence-corrected chi connectivity index (χ2v) is 12.3. The van der Waals surface area contributed by atoms with Gasteiger partial charge in [0.15, 0.2) is 0 Å². The van der Waals surface area contributed by atoms with E-state index in [-0.39, 0.29) is 18.4 Å². The van der Waals surface area contributed by atoms with Crippen LogP contribution < -0.4 is 10.6 Å². The number of aliphatic hydroxyl groups is 1. The van der Waals surface area contributed by atoms with Crippen molar-refractivity contribution in [3.05, 3.63) is 64.2 Å². The normalized spacial score (nSPS) is 25.2. The summed E-state index contributed by atoms with van der Waals surface area (Å²) in [6.45, 7) is 12.8. The molecule has 0 aliphatic carbocycles. The van der Waals surface area contributed by atoms with Crippen LogP contribution in [0.4, 0.5) is 5.69 Å². The third-order valence-corrected chi connectivity index (χ3v) is 8.95. The summed E-state index contributed by atoms with van der Waals surface area (Å²) in [6.07, 6.45) is -0.434. The molecule has 0 bridgehead atoms. The summed E-state index contributed by atoms with van der Waals surface area (Å²) in [6, 6.07) is 11.3. The highest BCUT2D eigenvalue weighted by atomic mass is 16.5. The van der Waals surface area contributed by atoms with E-state index in [9.17, 15) is 19.5 Å². The van der Waals surface area contributed by atoms with E-state index in [1.807, 2.05) is 0 Å². The Morgan fingerprint density at radius 1 is 1.10 bits per heavy atom. The number of anilines is 1. The number of hydrogen-bond acceptors (Lipinski definition) is 8. The Bertz CT molecular complexity index is 1370. The summed E-state index contributed by atoms with van der Waals surface area (Å²) in [4.78, 5) is 45.1. The number of ether oxygens (including phenoxy) is 1. The summed E-state index contributed by atoms with van der Waals surface area (Å²) in [5.41, 5.74) is 4.85. The van der Waals surface area contributed by atoms with Gasteiger partial charge in [0.2, 0.25) is 5.91 Å². The summed E-state index contributed by atoms with van der Waals surface area (Å²) in [5.74, 6) is -1.47. The SMILES string of the molecule is Cc1cc(CNc2cccc3c2C(=O)N(C2CCC(O)NC2=O)C3=O)ccc1CN1CC(N2CCOCC2(C)C)C1. The van der Waals surface area contributed by atoms with Crippen LogP contribution in [0.5, 0.6) is 0 Å². The fourth-order valence-electron chi connectivity index (χ4n) is 6.66. The van der Waals surface area contributed by atoms with Gasteiger partial charge in [0.05, 0.1) is 24.3 Å². The molecule has 2 unspecified atom stereocenters. The van der Waals surface area contributed by atoms with E-state index >= 15 is 0 Å². The predicted octanol–water partition coefficient (Wildman–Crippen LogP) is 2.10. The fraction of sp³-hybridized carbons (Fsp3) is 0.516. The number of imide groups is 1. The van der Waals surface area contributed by atoms with Crippen LogP contribution in [0.25, 0.3) is 0 Å². The number of piperidine rings is 1. The van der Waals surface area contributed by atoms with Crippen LogP contribution in [0, 0.1) is 6.92 Å². The number of aliphatic hydroxyl groups excluding tert-OH is 1. The molecule has 0 saturated carbocycles. The Balaban J connectivity index is 1.08. The van der Waals surface area contributed by atoms with Gasteiger partial charge in [-0.3, -0.25) is 29.1 Å². The maximum absolute atomic E-state index is 13.4. The number of amides is 3. The molecular weight excluding hydrogens is 522 g/mol. The van der Waals surface area contributed by atoms with Gasteiger partial charge in [0.25, 0.3) is 11.8 Å². The van der Waals surface area contributed by atoms with Crippen LogP contribution in [0.2, 0.25) is 0 Å². The molecule has 10 nitrogen and oxygen atoms in total. The zero-order valence-electron chi connectivity index (χ0n) is 24.0. The number of aryl methyl sites for hydroxylation is 1. The molecule has 218 valence electrons. The van der Waals surface area contributed by atoms with E-state index in [1.54, 1.807) is 18.2 Å². The smallest absolute Gasteiger partial charge is 0.264 e. The van der Waals surface area contributed by atoms with Crippen LogP contribution in [0.15, 0.2) is 36.4 Å². The minimum absolute atomic E-state index is 0.0860. The van der Waals surface area contributed by atoms with E-state index < -0.39 is 30.0 Å². The van der Waals surface area contributed by atoms with Gasteiger partial charge in [-0.2, -0.15) is 0 Å². The Kier molecular flexibility index (Phi) is 7.35. The number of rotatable bonds is 7. The molecule has 2 atom stereocenters. The van der Waals surface area contributed by atoms with Crippen molar-refractivity contribution >= 4 is 23.4 Å². The monoisotopic (exact) mass is 561 g/mol. The average Bonchev–Trinajstić information content (AvgIpc) is 3.16. The van der Waals surface area contributed by atoms with Gasteiger partial charge < -0.3 is 20.5 Å². The molecule has 3 fully saturated rings. The second-order valence-electron chi connectivity index (χ2n) is 12.3. The lowest BCUT2D eigenvalue weighted by Gasteiger charge is -2.53. The number of hydrogen-bond donors (Lipinski definition) is 3. The van der Waals surface area contributed by atoms with Gasteiger partial charge in [0.1, 0.15) is 12.3 Å². The van der Waals surface area contributed by atoms with Gasteiger partial charge in [0, 0.05) is 50.0 Å². The maximum atomic E-state index is 13.4. The molecule has 0 spiro atoms. The Morgan fingerprint density at radius 2 is 1.90 bits per heavy atom. The largest absolute Gasteiger partial charge is 0.380 e. The maximum Gasteiger partial charge on any atom is 0.264 e. The van der Waals surface area contributed by atoms with Crippen LogP contribution in [-0.2, 0) is 22.6 Å². The number of nitrogens with one attached hydrogen (secondary N) is 2. The second kappa shape index (κ2) is 10.8. The first-order valence-electron chi connectivity index (χ1n) is 14.5. The quantitative estimate of drug-likeness (QED) is 0.441. The van der Waals surface area contributed by atoms with Crippen LogP contribution in [0.1, 0.15) is 64.1 Å². The molecule has 0 radical (unpaired) electrons. The van der Waals surface area contributed by atoms with Gasteiger partial charge in [-0.1, -0.05) is 24.3 Å². The molecule has 0 aromatic heterocycles. The molecule has 2 aromatic rings. The molecule has 3 saturated heterocycles. The highest BCUT2D eigenvalue weighted by Crippen LogP contribution is 2.33. The Morgan fingerprint density at radius 3 is 2.63 bits per heavy atom. The van der Waals surface area contributed by atoms with Crippen molar-refractivity contribution in [2.24, 2.45) is 0 Å². The fourth-order valence-corrected chi connectivity index (χ4v) is 6.66. The van der Waals surface area contributed by atoms with Crippen molar-refractivity contribution < 1.29 is 24.2 Å². The first-order chi connectivity index (χ1) is 19.6. The van der Waals surface area contributed by atoms with Gasteiger partial charge >= 0.3 is 0 Å². The van der Waals surface area contributed by atoms with E-state index in [1.165, 1.54) is 11.1 Å². The van der Waals surface area contributed by atoms with Crippen LogP contribution >= 0.6 is 0 Å². The lowest BCUT2D eigenvalue weighted by molar-refractivity contribution is -0.131. The topological polar surface area (TPSA) is 114 Å². The Hall–Kier alpha value is -3.31. The summed E-state index contributed by atoms with van der Waals surface area (Å²) in [5, 5.41) is 15.5. The Labute approximate surface area is 240 Å². The number of carbonyl (C=O) groups excluding carboxylic acids is 3. The van der Waals surface area contributed by atoms with Crippen molar-refractivity contribution in [3.8, 4) is 0 Å². The number of benzene rings is 2. The highest BCUT2D eigenvalue weighted by Gasteiger charge is 2.45. The van der Waals surface area contributed by atoms with Crippen LogP contribution in [-0.4, -0.2) is 94.2 Å². The zero-order valence-corrected chi connectivity index (χ0v) is 24.0. The van der Waals surface area contributed by atoms with Crippen molar-refractivity contribution in [2.45, 2.75) is 70.6 Å². The third kappa shape index (κ3) is 5.25. The van der Waals surface area contributed by atoms with E-state index in [4.69, 9.17) is 4.74 Å². The molecule has 2 aromatic carbocycles. The molecule has 4 heterocycles. The number of nitrogens with zero attached hydrogens (tertiary/aromatic N) is 3. The lowest BCUT2D eigenvalue weighted by Crippen LogP contribution is -2.67. The minimum Gasteiger partial charge on any atom is -0.380 e. The summed E-state index contributed by atoms with van der Waals surface area (Å²) >= 11 is 0.